The van der Waals surface area contributed by atoms with Gasteiger partial charge in [0.05, 0.1) is 19.3 Å². The number of piperidine rings is 1. The van der Waals surface area contributed by atoms with E-state index in [2.05, 4.69) is 14.9 Å². The van der Waals surface area contributed by atoms with Crippen molar-refractivity contribution < 1.29 is 9.53 Å². The fraction of sp³-hybridized carbons (Fsp3) is 0.625. The fourth-order valence-electron chi connectivity index (χ4n) is 3.15. The zero-order valence-corrected chi connectivity index (χ0v) is 13.9. The van der Waals surface area contributed by atoms with Gasteiger partial charge in [0, 0.05) is 39.4 Å². The van der Waals surface area contributed by atoms with Crippen molar-refractivity contribution in [2.75, 3.05) is 51.3 Å². The van der Waals surface area contributed by atoms with E-state index in [1.165, 1.54) is 0 Å². The Morgan fingerprint density at radius 2 is 2.21 bits per heavy atom. The predicted molar refractivity (Wildman–Crippen MR) is 87.5 cm³/mol. The highest BCUT2D eigenvalue weighted by atomic mass is 16.5. The first-order chi connectivity index (χ1) is 11.7. The van der Waals surface area contributed by atoms with Crippen molar-refractivity contribution in [3.05, 3.63) is 18.0 Å². The van der Waals surface area contributed by atoms with Gasteiger partial charge < -0.3 is 19.4 Å². The van der Waals surface area contributed by atoms with E-state index in [0.717, 1.165) is 19.4 Å². The second-order valence-corrected chi connectivity index (χ2v) is 6.09. The molecule has 0 bridgehead atoms. The standard InChI is InChI=1S/C16H22N6O2/c1-20(16(23)21-7-9-24-10-8-21)14-3-2-6-22(12-14)15-18-5-4-13(11-17)19-15/h4-5,14H,2-3,6-10,12H2,1H3. The minimum Gasteiger partial charge on any atom is -0.378 e. The first kappa shape index (κ1) is 16.5. The van der Waals surface area contributed by atoms with Crippen LogP contribution in [0.15, 0.2) is 12.3 Å². The van der Waals surface area contributed by atoms with Crippen LogP contribution < -0.4 is 4.90 Å². The predicted octanol–water partition coefficient (Wildman–Crippen LogP) is 0.701. The number of amides is 2. The number of likely N-dealkylation sites (N-methyl/N-ethyl adjacent to an activating group) is 1. The number of carbonyl (C=O) groups is 1. The third-order valence-corrected chi connectivity index (χ3v) is 4.57. The Hall–Kier alpha value is -2.40. The maximum Gasteiger partial charge on any atom is 0.320 e. The first-order valence-electron chi connectivity index (χ1n) is 8.26. The molecule has 1 unspecified atom stereocenters. The highest BCUT2D eigenvalue weighted by Crippen LogP contribution is 2.20. The van der Waals surface area contributed by atoms with Crippen LogP contribution in [0, 0.1) is 11.3 Å². The Labute approximate surface area is 141 Å². The van der Waals surface area contributed by atoms with Gasteiger partial charge in [-0.15, -0.1) is 0 Å². The van der Waals surface area contributed by atoms with E-state index in [1.807, 2.05) is 22.9 Å². The molecule has 0 radical (unpaired) electrons. The fourth-order valence-corrected chi connectivity index (χ4v) is 3.15. The summed E-state index contributed by atoms with van der Waals surface area (Å²) in [5.74, 6) is 0.561. The summed E-state index contributed by atoms with van der Waals surface area (Å²) in [5, 5.41) is 8.99. The molecule has 2 amide bonds. The van der Waals surface area contributed by atoms with Crippen LogP contribution in [0.1, 0.15) is 18.5 Å². The SMILES string of the molecule is CN(C(=O)N1CCOCC1)C1CCCN(c2nccc(C#N)n2)C1. The number of ether oxygens (including phenoxy) is 1. The maximum absolute atomic E-state index is 12.6. The average Bonchev–Trinajstić information content (AvgIpc) is 2.67. The van der Waals surface area contributed by atoms with Crippen molar-refractivity contribution in [3.8, 4) is 6.07 Å². The molecule has 24 heavy (non-hydrogen) atoms. The Bertz CT molecular complexity index is 625. The third-order valence-electron chi connectivity index (χ3n) is 4.57. The van der Waals surface area contributed by atoms with Gasteiger partial charge in [-0.3, -0.25) is 0 Å². The number of rotatable bonds is 2. The van der Waals surface area contributed by atoms with E-state index in [1.54, 1.807) is 12.3 Å². The molecule has 2 aliphatic rings. The monoisotopic (exact) mass is 330 g/mol. The van der Waals surface area contributed by atoms with Gasteiger partial charge in [0.25, 0.3) is 0 Å². The van der Waals surface area contributed by atoms with Crippen LogP contribution >= 0.6 is 0 Å². The summed E-state index contributed by atoms with van der Waals surface area (Å²) in [6.45, 7) is 4.02. The summed E-state index contributed by atoms with van der Waals surface area (Å²) in [7, 11) is 1.86. The van der Waals surface area contributed by atoms with Crippen molar-refractivity contribution in [3.63, 3.8) is 0 Å². The van der Waals surface area contributed by atoms with Gasteiger partial charge >= 0.3 is 6.03 Å². The van der Waals surface area contributed by atoms with Gasteiger partial charge in [0.1, 0.15) is 11.8 Å². The minimum absolute atomic E-state index is 0.0526. The molecule has 2 aliphatic heterocycles. The van der Waals surface area contributed by atoms with Crippen LogP contribution in [0.25, 0.3) is 0 Å². The van der Waals surface area contributed by atoms with Crippen LogP contribution in [0.5, 0.6) is 0 Å². The van der Waals surface area contributed by atoms with E-state index in [9.17, 15) is 4.79 Å². The molecule has 1 aromatic heterocycles. The number of aromatic nitrogens is 2. The van der Waals surface area contributed by atoms with Crippen LogP contribution in [0.4, 0.5) is 10.7 Å². The molecule has 128 valence electrons. The molecule has 3 heterocycles. The van der Waals surface area contributed by atoms with Crippen molar-refractivity contribution in [1.29, 1.82) is 5.26 Å². The van der Waals surface area contributed by atoms with Crippen molar-refractivity contribution in [2.24, 2.45) is 0 Å². The Kier molecular flexibility index (Phi) is 5.11. The summed E-state index contributed by atoms with van der Waals surface area (Å²) in [5.41, 5.74) is 0.361. The molecule has 0 N–H and O–H groups in total. The molecular formula is C16H22N6O2. The summed E-state index contributed by atoms with van der Waals surface area (Å²) < 4.78 is 5.31. The second kappa shape index (κ2) is 7.45. The lowest BCUT2D eigenvalue weighted by atomic mass is 10.1. The van der Waals surface area contributed by atoms with Gasteiger partial charge in [-0.2, -0.15) is 5.26 Å². The van der Waals surface area contributed by atoms with Crippen LogP contribution in [-0.2, 0) is 4.74 Å². The molecule has 1 atom stereocenters. The molecule has 0 aromatic carbocycles. The summed E-state index contributed by atoms with van der Waals surface area (Å²) >= 11 is 0. The molecule has 2 saturated heterocycles. The number of hydrogen-bond acceptors (Lipinski definition) is 6. The number of nitriles is 1. The lowest BCUT2D eigenvalue weighted by Gasteiger charge is -2.40. The normalized spacial score (nSPS) is 21.2. The van der Waals surface area contributed by atoms with Gasteiger partial charge in [0.2, 0.25) is 5.95 Å². The molecule has 0 aliphatic carbocycles. The van der Waals surface area contributed by atoms with Gasteiger partial charge in [-0.05, 0) is 18.9 Å². The zero-order chi connectivity index (χ0) is 16.9. The van der Waals surface area contributed by atoms with E-state index < -0.39 is 0 Å². The third kappa shape index (κ3) is 3.57. The molecule has 0 saturated carbocycles. The van der Waals surface area contributed by atoms with Crippen molar-refractivity contribution in [2.45, 2.75) is 18.9 Å². The maximum atomic E-state index is 12.6. The van der Waals surface area contributed by atoms with E-state index in [4.69, 9.17) is 10.00 Å². The van der Waals surface area contributed by atoms with Crippen LogP contribution in [0.2, 0.25) is 0 Å². The largest absolute Gasteiger partial charge is 0.378 e. The molecule has 2 fully saturated rings. The highest BCUT2D eigenvalue weighted by Gasteiger charge is 2.30. The van der Waals surface area contributed by atoms with E-state index in [-0.39, 0.29) is 12.1 Å². The molecule has 8 heteroatoms. The smallest absolute Gasteiger partial charge is 0.320 e. The minimum atomic E-state index is 0.0526. The zero-order valence-electron chi connectivity index (χ0n) is 13.9. The Balaban J connectivity index is 1.66. The van der Waals surface area contributed by atoms with E-state index >= 15 is 0 Å². The number of morpholine rings is 1. The van der Waals surface area contributed by atoms with Crippen LogP contribution in [-0.4, -0.2) is 78.3 Å². The number of hydrogen-bond donors (Lipinski definition) is 0. The second-order valence-electron chi connectivity index (χ2n) is 6.09. The Morgan fingerprint density at radius 3 is 2.96 bits per heavy atom. The number of carbonyl (C=O) groups excluding carboxylic acids is 1. The molecule has 8 nitrogen and oxygen atoms in total. The Morgan fingerprint density at radius 1 is 1.42 bits per heavy atom. The quantitative estimate of drug-likeness (QED) is 0.793. The van der Waals surface area contributed by atoms with Crippen LogP contribution in [0.3, 0.4) is 0 Å². The molecule has 3 rings (SSSR count). The summed E-state index contributed by atoms with van der Waals surface area (Å²) in [6, 6.07) is 3.80. The number of anilines is 1. The highest BCUT2D eigenvalue weighted by molar-refractivity contribution is 5.74. The van der Waals surface area contributed by atoms with Gasteiger partial charge in [0.15, 0.2) is 0 Å². The first-order valence-corrected chi connectivity index (χ1v) is 8.26. The number of nitrogens with zero attached hydrogens (tertiary/aromatic N) is 6. The molecule has 0 spiro atoms. The number of urea groups is 1. The van der Waals surface area contributed by atoms with Gasteiger partial charge in [-0.1, -0.05) is 0 Å². The van der Waals surface area contributed by atoms with E-state index in [0.29, 0.717) is 44.5 Å². The summed E-state index contributed by atoms with van der Waals surface area (Å²) in [4.78, 5) is 26.9. The van der Waals surface area contributed by atoms with Gasteiger partial charge in [-0.25, -0.2) is 14.8 Å². The average molecular weight is 330 g/mol. The lowest BCUT2D eigenvalue weighted by Crippen LogP contribution is -2.54. The lowest BCUT2D eigenvalue weighted by molar-refractivity contribution is 0.0413. The van der Waals surface area contributed by atoms with Crippen molar-refractivity contribution in [1.82, 2.24) is 19.8 Å². The molecular weight excluding hydrogens is 308 g/mol. The topological polar surface area (TPSA) is 85.6 Å². The summed E-state index contributed by atoms with van der Waals surface area (Å²) in [6.07, 6.45) is 3.53. The molecule has 1 aromatic rings. The van der Waals surface area contributed by atoms with Crippen molar-refractivity contribution >= 4 is 12.0 Å².